The number of aliphatic hydroxyl groups is 1. The number of aromatic nitrogens is 1. The fraction of sp³-hybridized carbons (Fsp3) is 0.643. The molecule has 1 aliphatic heterocycles. The summed E-state index contributed by atoms with van der Waals surface area (Å²) in [5, 5.41) is 10.3. The summed E-state index contributed by atoms with van der Waals surface area (Å²) >= 11 is 0. The Bertz CT molecular complexity index is 371. The molecule has 2 rings (SSSR count). The van der Waals surface area contributed by atoms with Crippen LogP contribution in [0.5, 0.6) is 0 Å². The highest BCUT2D eigenvalue weighted by Gasteiger charge is 2.42. The summed E-state index contributed by atoms with van der Waals surface area (Å²) in [7, 11) is 2.01. The topological polar surface area (TPSA) is 45.6 Å². The minimum absolute atomic E-state index is 0.0388. The normalized spacial score (nSPS) is 32.1. The molecule has 0 spiro atoms. The standard InChI is InChI=1S/C14H22N2O2/c1-4-12-14(17)13(10(2)18-12)16(3)9-11-7-5-6-8-15-11/h5-8,10,12-14,17H,4,9H2,1-3H3/t10-,12+,13?,14-/m0/s1. The van der Waals surface area contributed by atoms with E-state index in [1.54, 1.807) is 6.20 Å². The number of pyridine rings is 1. The fourth-order valence-electron chi connectivity index (χ4n) is 2.74. The third kappa shape index (κ3) is 2.71. The largest absolute Gasteiger partial charge is 0.389 e. The molecule has 2 heterocycles. The molecule has 4 nitrogen and oxygen atoms in total. The SMILES string of the molecule is CC[C@H]1O[C@@H](C)C(N(C)Cc2ccccn2)[C@H]1O. The lowest BCUT2D eigenvalue weighted by Gasteiger charge is -2.28. The first-order valence-electron chi connectivity index (χ1n) is 6.57. The fourth-order valence-corrected chi connectivity index (χ4v) is 2.74. The Morgan fingerprint density at radius 2 is 2.22 bits per heavy atom. The maximum atomic E-state index is 10.3. The van der Waals surface area contributed by atoms with E-state index >= 15 is 0 Å². The van der Waals surface area contributed by atoms with Gasteiger partial charge < -0.3 is 9.84 Å². The van der Waals surface area contributed by atoms with Gasteiger partial charge in [0.1, 0.15) is 0 Å². The van der Waals surface area contributed by atoms with Gasteiger partial charge in [-0.1, -0.05) is 13.0 Å². The van der Waals surface area contributed by atoms with E-state index in [1.807, 2.05) is 39.1 Å². The second-order valence-corrected chi connectivity index (χ2v) is 5.01. The Kier molecular flexibility index (Phi) is 4.32. The summed E-state index contributed by atoms with van der Waals surface area (Å²) < 4.78 is 5.78. The first-order valence-corrected chi connectivity index (χ1v) is 6.57. The molecule has 4 atom stereocenters. The Hall–Kier alpha value is -0.970. The van der Waals surface area contributed by atoms with Crippen molar-refractivity contribution in [1.29, 1.82) is 0 Å². The molecule has 1 fully saturated rings. The van der Waals surface area contributed by atoms with Crippen molar-refractivity contribution >= 4 is 0 Å². The van der Waals surface area contributed by atoms with Gasteiger partial charge in [0.05, 0.1) is 30.0 Å². The van der Waals surface area contributed by atoms with Gasteiger partial charge in [-0.3, -0.25) is 9.88 Å². The Labute approximate surface area is 109 Å². The zero-order valence-electron chi connectivity index (χ0n) is 11.3. The number of hydrogen-bond donors (Lipinski definition) is 1. The second kappa shape index (κ2) is 5.78. The molecule has 0 aromatic carbocycles. The summed E-state index contributed by atoms with van der Waals surface area (Å²) in [6.45, 7) is 4.80. The maximum absolute atomic E-state index is 10.3. The van der Waals surface area contributed by atoms with Crippen LogP contribution in [0, 0.1) is 0 Å². The average molecular weight is 250 g/mol. The van der Waals surface area contributed by atoms with Gasteiger partial charge in [0.25, 0.3) is 0 Å². The highest BCUT2D eigenvalue weighted by atomic mass is 16.5. The number of rotatable bonds is 4. The van der Waals surface area contributed by atoms with E-state index in [2.05, 4.69) is 9.88 Å². The highest BCUT2D eigenvalue weighted by Crippen LogP contribution is 2.27. The summed E-state index contributed by atoms with van der Waals surface area (Å²) in [5.74, 6) is 0. The molecular weight excluding hydrogens is 228 g/mol. The van der Waals surface area contributed by atoms with E-state index in [0.29, 0.717) is 0 Å². The average Bonchev–Trinajstić information content (AvgIpc) is 2.65. The van der Waals surface area contributed by atoms with Gasteiger partial charge in [0.15, 0.2) is 0 Å². The van der Waals surface area contributed by atoms with Crippen LogP contribution in [0.1, 0.15) is 26.0 Å². The van der Waals surface area contributed by atoms with Gasteiger partial charge in [-0.25, -0.2) is 0 Å². The van der Waals surface area contributed by atoms with Crippen molar-refractivity contribution in [2.75, 3.05) is 7.05 Å². The minimum atomic E-state index is -0.418. The first kappa shape index (κ1) is 13.5. The number of likely N-dealkylation sites (N-methyl/N-ethyl adjacent to an activating group) is 1. The lowest BCUT2D eigenvalue weighted by molar-refractivity contribution is 0.0144. The molecule has 1 unspecified atom stereocenters. The lowest BCUT2D eigenvalue weighted by Crippen LogP contribution is -2.44. The smallest absolute Gasteiger partial charge is 0.0981 e. The molecule has 100 valence electrons. The summed E-state index contributed by atoms with van der Waals surface area (Å²) in [6, 6.07) is 5.93. The van der Waals surface area contributed by atoms with Gasteiger partial charge in [-0.15, -0.1) is 0 Å². The molecule has 0 amide bonds. The van der Waals surface area contributed by atoms with Crippen LogP contribution in [0.15, 0.2) is 24.4 Å². The number of hydrogen-bond acceptors (Lipinski definition) is 4. The summed E-state index contributed by atoms with van der Waals surface area (Å²) in [4.78, 5) is 6.45. The minimum Gasteiger partial charge on any atom is -0.389 e. The third-order valence-electron chi connectivity index (χ3n) is 3.65. The van der Waals surface area contributed by atoms with Gasteiger partial charge in [-0.2, -0.15) is 0 Å². The molecule has 4 heteroatoms. The van der Waals surface area contributed by atoms with Gasteiger partial charge in [0, 0.05) is 12.7 Å². The van der Waals surface area contributed by atoms with Crippen molar-refractivity contribution in [3.63, 3.8) is 0 Å². The molecule has 1 aromatic rings. The molecule has 1 N–H and O–H groups in total. The van der Waals surface area contributed by atoms with Crippen molar-refractivity contribution in [2.45, 2.75) is 51.2 Å². The van der Waals surface area contributed by atoms with E-state index in [1.165, 1.54) is 0 Å². The Morgan fingerprint density at radius 1 is 1.44 bits per heavy atom. The molecule has 0 radical (unpaired) electrons. The molecule has 1 aromatic heterocycles. The van der Waals surface area contributed by atoms with Crippen LogP contribution >= 0.6 is 0 Å². The second-order valence-electron chi connectivity index (χ2n) is 5.01. The monoisotopic (exact) mass is 250 g/mol. The lowest BCUT2D eigenvalue weighted by atomic mass is 10.0. The van der Waals surface area contributed by atoms with Crippen molar-refractivity contribution < 1.29 is 9.84 Å². The predicted molar refractivity (Wildman–Crippen MR) is 70.1 cm³/mol. The molecule has 18 heavy (non-hydrogen) atoms. The molecule has 0 saturated carbocycles. The van der Waals surface area contributed by atoms with Crippen LogP contribution in [0.25, 0.3) is 0 Å². The van der Waals surface area contributed by atoms with E-state index in [4.69, 9.17) is 4.74 Å². The maximum Gasteiger partial charge on any atom is 0.0981 e. The van der Waals surface area contributed by atoms with Crippen LogP contribution in [0.4, 0.5) is 0 Å². The van der Waals surface area contributed by atoms with E-state index in [-0.39, 0.29) is 18.2 Å². The highest BCUT2D eigenvalue weighted by molar-refractivity contribution is 5.04. The molecule has 1 saturated heterocycles. The van der Waals surface area contributed by atoms with Crippen LogP contribution in [0.2, 0.25) is 0 Å². The van der Waals surface area contributed by atoms with E-state index < -0.39 is 6.10 Å². The zero-order chi connectivity index (χ0) is 13.1. The van der Waals surface area contributed by atoms with Gasteiger partial charge in [0.2, 0.25) is 0 Å². The molecular formula is C14H22N2O2. The van der Waals surface area contributed by atoms with Crippen molar-refractivity contribution in [3.8, 4) is 0 Å². The Balaban J connectivity index is 2.02. The van der Waals surface area contributed by atoms with Crippen molar-refractivity contribution in [1.82, 2.24) is 9.88 Å². The number of aliphatic hydroxyl groups excluding tert-OH is 1. The summed E-state index contributed by atoms with van der Waals surface area (Å²) in [5.41, 5.74) is 1.01. The molecule has 1 aliphatic rings. The van der Waals surface area contributed by atoms with Crippen molar-refractivity contribution in [3.05, 3.63) is 30.1 Å². The van der Waals surface area contributed by atoms with Crippen LogP contribution in [-0.4, -0.2) is 46.4 Å². The Morgan fingerprint density at radius 3 is 2.78 bits per heavy atom. The zero-order valence-corrected chi connectivity index (χ0v) is 11.3. The van der Waals surface area contributed by atoms with E-state index in [9.17, 15) is 5.11 Å². The number of ether oxygens (including phenoxy) is 1. The van der Waals surface area contributed by atoms with Gasteiger partial charge >= 0.3 is 0 Å². The number of nitrogens with zero attached hydrogens (tertiary/aromatic N) is 2. The van der Waals surface area contributed by atoms with Crippen LogP contribution in [0.3, 0.4) is 0 Å². The predicted octanol–water partition coefficient (Wildman–Crippen LogP) is 1.44. The van der Waals surface area contributed by atoms with Crippen LogP contribution < -0.4 is 0 Å². The quantitative estimate of drug-likeness (QED) is 0.878. The van der Waals surface area contributed by atoms with Gasteiger partial charge in [-0.05, 0) is 32.5 Å². The van der Waals surface area contributed by atoms with E-state index in [0.717, 1.165) is 18.7 Å². The summed E-state index contributed by atoms with van der Waals surface area (Å²) in [6.07, 6.45) is 2.23. The first-order chi connectivity index (χ1) is 8.63. The third-order valence-corrected chi connectivity index (χ3v) is 3.65. The van der Waals surface area contributed by atoms with Crippen LogP contribution in [-0.2, 0) is 11.3 Å². The molecule has 0 aliphatic carbocycles. The van der Waals surface area contributed by atoms with Crippen molar-refractivity contribution in [2.24, 2.45) is 0 Å². The molecule has 0 bridgehead atoms.